The molecule has 7 nitrogen and oxygen atoms in total. The molecule has 30 heavy (non-hydrogen) atoms. The van der Waals surface area contributed by atoms with Crippen LogP contribution in [0.25, 0.3) is 21.1 Å². The molecule has 0 atom stereocenters. The number of thiophene rings is 1. The molecule has 0 aliphatic carbocycles. The van der Waals surface area contributed by atoms with Gasteiger partial charge in [-0.05, 0) is 29.8 Å². The van der Waals surface area contributed by atoms with Crippen LogP contribution in [0.5, 0.6) is 17.2 Å². The van der Waals surface area contributed by atoms with Crippen molar-refractivity contribution in [3.8, 4) is 17.2 Å². The maximum Gasteiger partial charge on any atom is 0.263 e. The van der Waals surface area contributed by atoms with Crippen molar-refractivity contribution < 1.29 is 19.0 Å². The van der Waals surface area contributed by atoms with Gasteiger partial charge in [-0.15, -0.1) is 11.3 Å². The van der Waals surface area contributed by atoms with Gasteiger partial charge in [0, 0.05) is 23.4 Å². The Labute approximate surface area is 176 Å². The zero-order valence-electron chi connectivity index (χ0n) is 16.2. The van der Waals surface area contributed by atoms with E-state index in [-0.39, 0.29) is 5.91 Å². The molecule has 0 spiro atoms. The number of carbonyl (C=O) groups excluding carboxylic acids is 1. The van der Waals surface area contributed by atoms with Crippen molar-refractivity contribution in [1.82, 2.24) is 10.3 Å². The summed E-state index contributed by atoms with van der Waals surface area (Å²) in [7, 11) is 1.62. The number of hydrogen-bond acceptors (Lipinski definition) is 7. The van der Waals surface area contributed by atoms with Crippen molar-refractivity contribution in [3.63, 3.8) is 0 Å². The first kappa shape index (κ1) is 18.5. The number of pyridine rings is 1. The Bertz CT molecular complexity index is 1270. The molecule has 8 heteroatoms. The minimum atomic E-state index is -0.221. The maximum absolute atomic E-state index is 12.8. The Kier molecular flexibility index (Phi) is 4.55. The van der Waals surface area contributed by atoms with Crippen LogP contribution < -0.4 is 25.3 Å². The molecule has 1 aliphatic heterocycles. The molecule has 0 radical (unpaired) electrons. The van der Waals surface area contributed by atoms with E-state index in [1.807, 2.05) is 42.5 Å². The largest absolute Gasteiger partial charge is 0.497 e. The van der Waals surface area contributed by atoms with Crippen molar-refractivity contribution in [2.45, 2.75) is 6.54 Å². The van der Waals surface area contributed by atoms with Crippen LogP contribution in [-0.4, -0.2) is 31.2 Å². The fourth-order valence-electron chi connectivity index (χ4n) is 3.41. The van der Waals surface area contributed by atoms with E-state index in [1.165, 1.54) is 11.3 Å². The summed E-state index contributed by atoms with van der Waals surface area (Å²) in [5, 5.41) is 4.58. The third-order valence-electron chi connectivity index (χ3n) is 5.00. The van der Waals surface area contributed by atoms with E-state index in [9.17, 15) is 4.79 Å². The number of methoxy groups -OCH3 is 1. The van der Waals surface area contributed by atoms with E-state index >= 15 is 0 Å². The predicted molar refractivity (Wildman–Crippen MR) is 117 cm³/mol. The number of rotatable bonds is 4. The Morgan fingerprint density at radius 2 is 1.90 bits per heavy atom. The summed E-state index contributed by atoms with van der Waals surface area (Å²) in [4.78, 5) is 18.6. The van der Waals surface area contributed by atoms with Gasteiger partial charge in [0.2, 0.25) is 0 Å². The van der Waals surface area contributed by atoms with Gasteiger partial charge in [0.25, 0.3) is 5.91 Å². The lowest BCUT2D eigenvalue weighted by Crippen LogP contribution is -2.22. The van der Waals surface area contributed by atoms with Gasteiger partial charge >= 0.3 is 0 Å². The van der Waals surface area contributed by atoms with E-state index < -0.39 is 0 Å². The SMILES string of the molecule is COc1ccc(CNC(=O)c2sc3nc4cc5c(cc4cc3c2N)OCCO5)cc1. The summed E-state index contributed by atoms with van der Waals surface area (Å²) in [6.45, 7) is 1.44. The van der Waals surface area contributed by atoms with E-state index in [1.54, 1.807) is 7.11 Å². The molecule has 3 heterocycles. The molecule has 0 saturated heterocycles. The Hall–Kier alpha value is -3.52. The molecule has 152 valence electrons. The zero-order chi connectivity index (χ0) is 20.7. The summed E-state index contributed by atoms with van der Waals surface area (Å²) < 4.78 is 16.4. The van der Waals surface area contributed by atoms with Crippen molar-refractivity contribution >= 4 is 44.1 Å². The van der Waals surface area contributed by atoms with Crippen LogP contribution in [0.2, 0.25) is 0 Å². The minimum absolute atomic E-state index is 0.221. The van der Waals surface area contributed by atoms with Gasteiger partial charge in [-0.25, -0.2) is 4.98 Å². The number of carbonyl (C=O) groups is 1. The fourth-order valence-corrected chi connectivity index (χ4v) is 4.41. The molecule has 0 unspecified atom stereocenters. The molecule has 0 bridgehead atoms. The lowest BCUT2D eigenvalue weighted by molar-refractivity contribution is 0.0956. The molecule has 0 fully saturated rings. The van der Waals surface area contributed by atoms with Gasteiger partial charge < -0.3 is 25.3 Å². The van der Waals surface area contributed by atoms with Gasteiger partial charge in [-0.3, -0.25) is 4.79 Å². The quantitative estimate of drug-likeness (QED) is 0.521. The summed E-state index contributed by atoms with van der Waals surface area (Å²) >= 11 is 1.29. The van der Waals surface area contributed by atoms with Crippen LogP contribution in [0.1, 0.15) is 15.2 Å². The highest BCUT2D eigenvalue weighted by molar-refractivity contribution is 7.21. The summed E-state index contributed by atoms with van der Waals surface area (Å²) in [6, 6.07) is 13.2. The molecule has 1 amide bonds. The molecule has 3 N–H and O–H groups in total. The van der Waals surface area contributed by atoms with Crippen molar-refractivity contribution in [1.29, 1.82) is 0 Å². The second-order valence-corrected chi connectivity index (χ2v) is 7.90. The van der Waals surface area contributed by atoms with Gasteiger partial charge in [0.05, 0.1) is 18.3 Å². The van der Waals surface area contributed by atoms with E-state index in [0.29, 0.717) is 46.7 Å². The number of nitrogens with zero attached hydrogens (tertiary/aromatic N) is 1. The third kappa shape index (κ3) is 3.25. The first-order valence-electron chi connectivity index (χ1n) is 9.46. The number of hydrogen-bond donors (Lipinski definition) is 2. The molecule has 2 aromatic carbocycles. The topological polar surface area (TPSA) is 95.7 Å². The van der Waals surface area contributed by atoms with E-state index in [0.717, 1.165) is 27.6 Å². The van der Waals surface area contributed by atoms with Gasteiger partial charge in [0.15, 0.2) is 11.5 Å². The Balaban J connectivity index is 1.44. The van der Waals surface area contributed by atoms with Crippen LogP contribution in [0.4, 0.5) is 5.69 Å². The molecular weight excluding hydrogens is 402 g/mol. The molecule has 5 rings (SSSR count). The molecule has 2 aromatic heterocycles. The number of benzene rings is 2. The Morgan fingerprint density at radius 3 is 2.63 bits per heavy atom. The van der Waals surface area contributed by atoms with Gasteiger partial charge in [0.1, 0.15) is 28.7 Å². The number of fused-ring (bicyclic) bond motifs is 3. The van der Waals surface area contributed by atoms with Crippen molar-refractivity contribution in [2.75, 3.05) is 26.1 Å². The average molecular weight is 421 g/mol. The van der Waals surface area contributed by atoms with E-state index in [2.05, 4.69) is 5.32 Å². The first-order valence-corrected chi connectivity index (χ1v) is 10.3. The Morgan fingerprint density at radius 1 is 1.17 bits per heavy atom. The molecule has 0 saturated carbocycles. The second kappa shape index (κ2) is 7.38. The highest BCUT2D eigenvalue weighted by Gasteiger charge is 2.19. The zero-order valence-corrected chi connectivity index (χ0v) is 17.0. The number of aromatic nitrogens is 1. The van der Waals surface area contributed by atoms with Crippen LogP contribution in [0, 0.1) is 0 Å². The number of nitrogen functional groups attached to an aromatic ring is 1. The number of anilines is 1. The van der Waals surface area contributed by atoms with Gasteiger partial charge in [-0.2, -0.15) is 0 Å². The summed E-state index contributed by atoms with van der Waals surface area (Å²) in [6.07, 6.45) is 0. The van der Waals surface area contributed by atoms with Crippen LogP contribution in [0.15, 0.2) is 42.5 Å². The van der Waals surface area contributed by atoms with Crippen LogP contribution in [0.3, 0.4) is 0 Å². The van der Waals surface area contributed by atoms with Crippen molar-refractivity contribution in [3.05, 3.63) is 52.9 Å². The molecular formula is C22H19N3O4S. The maximum atomic E-state index is 12.8. The second-order valence-electron chi connectivity index (χ2n) is 6.91. The van der Waals surface area contributed by atoms with Crippen LogP contribution >= 0.6 is 11.3 Å². The van der Waals surface area contributed by atoms with E-state index in [4.69, 9.17) is 24.9 Å². The standard InChI is InChI=1S/C22H19N3O4S/c1-27-14-4-2-12(3-5-14)11-24-21(26)20-19(23)15-8-13-9-17-18(29-7-6-28-17)10-16(13)25-22(15)30-20/h2-5,8-10H,6-7,11,23H2,1H3,(H,24,26). The number of amides is 1. The first-order chi connectivity index (χ1) is 14.6. The molecule has 1 aliphatic rings. The summed E-state index contributed by atoms with van der Waals surface area (Å²) in [5.74, 6) is 1.93. The normalized spacial score (nSPS) is 12.8. The van der Waals surface area contributed by atoms with Crippen LogP contribution in [-0.2, 0) is 6.54 Å². The van der Waals surface area contributed by atoms with Crippen molar-refractivity contribution in [2.24, 2.45) is 0 Å². The molecule has 4 aromatic rings. The number of nitrogens with two attached hydrogens (primary N) is 1. The highest BCUT2D eigenvalue weighted by atomic mass is 32.1. The minimum Gasteiger partial charge on any atom is -0.497 e. The van der Waals surface area contributed by atoms with Gasteiger partial charge in [-0.1, -0.05) is 12.1 Å². The lowest BCUT2D eigenvalue weighted by atomic mass is 10.1. The number of ether oxygens (including phenoxy) is 3. The third-order valence-corrected chi connectivity index (χ3v) is 6.11. The predicted octanol–water partition coefficient (Wildman–Crippen LogP) is 3.74. The summed E-state index contributed by atoms with van der Waals surface area (Å²) in [5.41, 5.74) is 8.50. The average Bonchev–Trinajstić information content (AvgIpc) is 3.10. The lowest BCUT2D eigenvalue weighted by Gasteiger charge is -2.18. The highest BCUT2D eigenvalue weighted by Crippen LogP contribution is 2.38. The smallest absolute Gasteiger partial charge is 0.263 e. The monoisotopic (exact) mass is 421 g/mol. The number of nitrogens with one attached hydrogen (secondary N) is 1. The fraction of sp³-hybridized carbons (Fsp3) is 0.182.